The van der Waals surface area contributed by atoms with Gasteiger partial charge in [-0.25, -0.2) is 0 Å². The van der Waals surface area contributed by atoms with Gasteiger partial charge in [-0.15, -0.1) is 0 Å². The lowest BCUT2D eigenvalue weighted by atomic mass is 9.77. The quantitative estimate of drug-likeness (QED) is 0.135. The number of ether oxygens (including phenoxy) is 1. The lowest BCUT2D eigenvalue weighted by molar-refractivity contribution is -0.133. The van der Waals surface area contributed by atoms with Crippen molar-refractivity contribution in [2.45, 2.75) is 158 Å². The van der Waals surface area contributed by atoms with E-state index in [1.54, 1.807) is 0 Å². The summed E-state index contributed by atoms with van der Waals surface area (Å²) in [6.07, 6.45) is 0. The van der Waals surface area contributed by atoms with Gasteiger partial charge in [0, 0.05) is 27.5 Å². The molecule has 1 aliphatic rings. The van der Waals surface area contributed by atoms with E-state index in [0.717, 1.165) is 60.9 Å². The Morgan fingerprint density at radius 1 is 0.527 bits per heavy atom. The van der Waals surface area contributed by atoms with Crippen molar-refractivity contribution in [3.8, 4) is 11.5 Å². The monoisotopic (exact) mass is 762 g/mol. The zero-order valence-corrected chi connectivity index (χ0v) is 37.6. The molecular formula is C49H63O5P. The summed E-state index contributed by atoms with van der Waals surface area (Å²) in [5, 5.41) is 2.05. The number of carbonyl (C=O) groups is 1. The molecule has 0 amide bonds. The molecule has 5 aromatic rings. The third-order valence-corrected chi connectivity index (χ3v) is 12.0. The molecular weight excluding hydrogens is 700 g/mol. The van der Waals surface area contributed by atoms with Gasteiger partial charge in [-0.1, -0.05) is 140 Å². The molecule has 6 rings (SSSR count). The van der Waals surface area contributed by atoms with E-state index in [1.807, 2.05) is 13.8 Å². The van der Waals surface area contributed by atoms with Crippen LogP contribution < -0.4 is 9.26 Å². The van der Waals surface area contributed by atoms with Crippen LogP contribution in [0.2, 0.25) is 0 Å². The van der Waals surface area contributed by atoms with Crippen LogP contribution in [0.25, 0.3) is 21.9 Å². The molecule has 2 atom stereocenters. The summed E-state index contributed by atoms with van der Waals surface area (Å²) in [6, 6.07) is 17.6. The number of esters is 1. The van der Waals surface area contributed by atoms with E-state index in [0.29, 0.717) is 11.5 Å². The minimum Gasteiger partial charge on any atom is -0.425 e. The first-order valence-electron chi connectivity index (χ1n) is 19.8. The van der Waals surface area contributed by atoms with Crippen LogP contribution in [-0.4, -0.2) is 5.97 Å². The van der Waals surface area contributed by atoms with Crippen molar-refractivity contribution in [2.24, 2.45) is 0 Å². The van der Waals surface area contributed by atoms with E-state index < -0.39 is 14.2 Å². The molecule has 0 fully saturated rings. The van der Waals surface area contributed by atoms with E-state index in [1.165, 1.54) is 16.7 Å². The van der Waals surface area contributed by atoms with Gasteiger partial charge in [-0.2, -0.15) is 0 Å². The molecule has 0 saturated heterocycles. The van der Waals surface area contributed by atoms with Crippen molar-refractivity contribution >= 4 is 36.1 Å². The highest BCUT2D eigenvalue weighted by Crippen LogP contribution is 2.49. The van der Waals surface area contributed by atoms with Gasteiger partial charge in [0.2, 0.25) is 0 Å². The third kappa shape index (κ3) is 7.76. The second-order valence-electron chi connectivity index (χ2n) is 21.1. The molecule has 294 valence electrons. The lowest BCUT2D eigenvalue weighted by Crippen LogP contribution is -2.17. The van der Waals surface area contributed by atoms with Crippen molar-refractivity contribution in [3.05, 3.63) is 104 Å². The summed E-state index contributed by atoms with van der Waals surface area (Å²) in [7, 11) is -1.93. The molecule has 0 N–H and O–H groups in total. The second-order valence-corrected chi connectivity index (χ2v) is 22.1. The molecule has 0 aliphatic carbocycles. The van der Waals surface area contributed by atoms with Gasteiger partial charge in [0.05, 0.1) is 0 Å². The van der Waals surface area contributed by atoms with E-state index >= 15 is 0 Å². The van der Waals surface area contributed by atoms with Crippen LogP contribution in [-0.2, 0) is 31.9 Å². The number of aryl methyl sites for hydroxylation is 3. The van der Waals surface area contributed by atoms with E-state index in [-0.39, 0.29) is 33.0 Å². The van der Waals surface area contributed by atoms with Gasteiger partial charge < -0.3 is 17.7 Å². The summed E-state index contributed by atoms with van der Waals surface area (Å²) in [5.74, 6) is 0.603. The normalized spacial score (nSPS) is 15.8. The Hall–Kier alpha value is -3.95. The average Bonchev–Trinajstić information content (AvgIpc) is 3.26. The Kier molecular flexibility index (Phi) is 9.86. The molecule has 4 aromatic carbocycles. The first-order chi connectivity index (χ1) is 25.1. The molecule has 1 aromatic heterocycles. The largest absolute Gasteiger partial charge is 0.453 e. The fraction of sp³-hybridized carbons (Fsp3) is 0.490. The van der Waals surface area contributed by atoms with Crippen molar-refractivity contribution in [2.75, 3.05) is 0 Å². The smallest absolute Gasteiger partial charge is 0.425 e. The summed E-state index contributed by atoms with van der Waals surface area (Å²) in [5.41, 5.74) is 11.4. The molecule has 6 heteroatoms. The van der Waals surface area contributed by atoms with Gasteiger partial charge in [-0.3, -0.25) is 4.79 Å². The molecule has 0 saturated carbocycles. The van der Waals surface area contributed by atoms with Crippen LogP contribution in [0.5, 0.6) is 11.5 Å². The topological polar surface area (TPSA) is 61.8 Å². The first-order valence-corrected chi connectivity index (χ1v) is 20.9. The van der Waals surface area contributed by atoms with Gasteiger partial charge in [0.15, 0.2) is 0 Å². The SMILES string of the molecule is Cc1cc(C2C(=O)Oc3c2cc(C(C)(C)C)cc3C(C)(C)C)cc(C)c1Op1oc2c(C)cc(C(C)(C)C)cc2c2cc(C(C)(C)C)cc(C(C)(C)C)c2o1. The van der Waals surface area contributed by atoms with Gasteiger partial charge in [0.25, 0.3) is 0 Å². The molecule has 0 spiro atoms. The van der Waals surface area contributed by atoms with Crippen molar-refractivity contribution in [3.63, 3.8) is 0 Å². The van der Waals surface area contributed by atoms with Crippen molar-refractivity contribution in [1.82, 2.24) is 0 Å². The van der Waals surface area contributed by atoms with Crippen LogP contribution in [0, 0.1) is 20.8 Å². The summed E-state index contributed by atoms with van der Waals surface area (Å²) >= 11 is 0. The third-order valence-electron chi connectivity index (χ3n) is 11.0. The van der Waals surface area contributed by atoms with Crippen LogP contribution >= 0.6 is 8.24 Å². The number of hydrogen-bond donors (Lipinski definition) is 0. The number of fused-ring (bicyclic) bond motifs is 4. The maximum atomic E-state index is 13.8. The number of rotatable bonds is 3. The van der Waals surface area contributed by atoms with Crippen molar-refractivity contribution < 1.29 is 22.4 Å². The first kappa shape index (κ1) is 40.7. The Labute approximate surface area is 330 Å². The number of benzene rings is 4. The van der Waals surface area contributed by atoms with E-state index in [9.17, 15) is 4.79 Å². The maximum Gasteiger partial charge on any atom is 0.453 e. The predicted octanol–water partition coefficient (Wildman–Crippen LogP) is 14.6. The summed E-state index contributed by atoms with van der Waals surface area (Å²) in [6.45, 7) is 39.6. The van der Waals surface area contributed by atoms with Gasteiger partial charge in [-0.05, 0) is 98.9 Å². The molecule has 0 bridgehead atoms. The summed E-state index contributed by atoms with van der Waals surface area (Å²) < 4.78 is 26.9. The van der Waals surface area contributed by atoms with Gasteiger partial charge in [0.1, 0.15) is 28.6 Å². The van der Waals surface area contributed by atoms with Crippen LogP contribution in [0.4, 0.5) is 0 Å². The van der Waals surface area contributed by atoms with E-state index in [2.05, 4.69) is 159 Å². The number of hydrogen-bond acceptors (Lipinski definition) is 5. The molecule has 1 aliphatic heterocycles. The standard InChI is InChI=1S/C49H63O5P/c1-27-19-30(39-36-24-33(47(10,11)12)25-37(48(13,14)15)42(36)51-44(39)50)20-28(2)40(27)52-55-53-41-29(3)21-31(45(4,5)6)22-34(41)35-23-32(46(7,8)9)26-38(43(35)54-55)49(16,17)18/h19-26,39H,1-18H3. The molecule has 5 nitrogen and oxygen atoms in total. The zero-order chi connectivity index (χ0) is 41.0. The minimum absolute atomic E-state index is 0.0618. The minimum atomic E-state index is -1.93. The predicted molar refractivity (Wildman–Crippen MR) is 230 cm³/mol. The molecule has 0 radical (unpaired) electrons. The van der Waals surface area contributed by atoms with Crippen LogP contribution in [0.3, 0.4) is 0 Å². The Morgan fingerprint density at radius 2 is 0.982 bits per heavy atom. The van der Waals surface area contributed by atoms with Crippen molar-refractivity contribution in [1.29, 1.82) is 0 Å². The van der Waals surface area contributed by atoms with E-state index in [4.69, 9.17) is 17.7 Å². The molecule has 55 heavy (non-hydrogen) atoms. The highest BCUT2D eigenvalue weighted by molar-refractivity contribution is 7.32. The highest BCUT2D eigenvalue weighted by Gasteiger charge is 2.40. The van der Waals surface area contributed by atoms with Gasteiger partial charge >= 0.3 is 14.2 Å². The second kappa shape index (κ2) is 13.3. The molecule has 2 unspecified atom stereocenters. The number of carbonyl (C=O) groups excluding carboxylic acids is 1. The molecule has 2 heterocycles. The lowest BCUT2D eigenvalue weighted by Gasteiger charge is -2.27. The summed E-state index contributed by atoms with van der Waals surface area (Å²) in [4.78, 5) is 13.8. The van der Waals surface area contributed by atoms with Crippen LogP contribution in [0.15, 0.2) is 56.9 Å². The van der Waals surface area contributed by atoms with Crippen LogP contribution in [0.1, 0.15) is 165 Å². The Morgan fingerprint density at radius 3 is 1.49 bits per heavy atom. The maximum absolute atomic E-state index is 13.8. The fourth-order valence-electron chi connectivity index (χ4n) is 7.59. The highest BCUT2D eigenvalue weighted by atomic mass is 31.1. The zero-order valence-electron chi connectivity index (χ0n) is 36.7. The Balaban J connectivity index is 1.57. The average molecular weight is 763 g/mol. The fourth-order valence-corrected chi connectivity index (χ4v) is 8.88. The Bertz CT molecular complexity index is 2370.